The average Bonchev–Trinajstić information content (AvgIpc) is 1.64. The Labute approximate surface area is 58.0 Å². The molecule has 0 unspecified atom stereocenters. The standard InChI is InChI=1S/C7H18N2/c1-7(2,3)9(4)6-5-8/h5-6,8H2,1-4H3/p+1. The molecule has 56 valence electrons. The van der Waals surface area contributed by atoms with E-state index in [9.17, 15) is 0 Å². The van der Waals surface area contributed by atoms with Crippen LogP contribution < -0.4 is 5.73 Å². The molecule has 2 nitrogen and oxygen atoms in total. The maximum atomic E-state index is 3.80. The molecule has 0 saturated carbocycles. The second kappa shape index (κ2) is 3.18. The molecule has 0 saturated heterocycles. The summed E-state index contributed by atoms with van der Waals surface area (Å²) in [5.41, 5.74) is 4.10. The van der Waals surface area contributed by atoms with E-state index in [1.165, 1.54) is 0 Å². The van der Waals surface area contributed by atoms with Gasteiger partial charge in [0.1, 0.15) is 0 Å². The number of nitrogens with zero attached hydrogens (tertiary/aromatic N) is 1. The van der Waals surface area contributed by atoms with Gasteiger partial charge in [0, 0.05) is 12.1 Å². The van der Waals surface area contributed by atoms with Crippen molar-refractivity contribution in [3.63, 3.8) is 0 Å². The lowest BCUT2D eigenvalue weighted by Gasteiger charge is -2.30. The Morgan fingerprint density at radius 2 is 1.78 bits per heavy atom. The van der Waals surface area contributed by atoms with Crippen molar-refractivity contribution < 1.29 is 5.73 Å². The van der Waals surface area contributed by atoms with Gasteiger partial charge < -0.3 is 5.73 Å². The summed E-state index contributed by atoms with van der Waals surface area (Å²) < 4.78 is 0. The van der Waals surface area contributed by atoms with Crippen LogP contribution in [0.2, 0.25) is 0 Å². The monoisotopic (exact) mass is 131 g/mol. The van der Waals surface area contributed by atoms with Crippen LogP contribution in [0, 0.1) is 0 Å². The Morgan fingerprint density at radius 1 is 1.33 bits per heavy atom. The molecule has 0 heterocycles. The van der Waals surface area contributed by atoms with E-state index in [1.807, 2.05) is 0 Å². The summed E-state index contributed by atoms with van der Waals surface area (Å²) in [7, 11) is 2.13. The Morgan fingerprint density at radius 3 is 1.89 bits per heavy atom. The van der Waals surface area contributed by atoms with Crippen LogP contribution in [0.1, 0.15) is 20.8 Å². The second-order valence-electron chi connectivity index (χ2n) is 3.45. The fraction of sp³-hybridized carbons (Fsp3) is 1.00. The number of rotatable bonds is 2. The Balaban J connectivity index is 3.59. The van der Waals surface area contributed by atoms with Gasteiger partial charge in [-0.15, -0.1) is 0 Å². The van der Waals surface area contributed by atoms with Crippen molar-refractivity contribution >= 4 is 0 Å². The Hall–Kier alpha value is -0.0800. The van der Waals surface area contributed by atoms with E-state index in [1.54, 1.807) is 0 Å². The minimum absolute atomic E-state index is 0.303. The third kappa shape index (κ3) is 3.49. The summed E-state index contributed by atoms with van der Waals surface area (Å²) >= 11 is 0. The summed E-state index contributed by atoms with van der Waals surface area (Å²) in [5.74, 6) is 0. The summed E-state index contributed by atoms with van der Waals surface area (Å²) in [4.78, 5) is 2.31. The van der Waals surface area contributed by atoms with E-state index < -0.39 is 0 Å². The molecule has 0 aliphatic heterocycles. The molecule has 0 atom stereocenters. The molecule has 0 aromatic carbocycles. The first-order valence-electron chi connectivity index (χ1n) is 3.49. The van der Waals surface area contributed by atoms with Crippen LogP contribution in [0.5, 0.6) is 0 Å². The number of likely N-dealkylation sites (N-methyl/N-ethyl adjacent to an activating group) is 1. The first-order valence-corrected chi connectivity index (χ1v) is 3.49. The van der Waals surface area contributed by atoms with E-state index in [2.05, 4.69) is 38.5 Å². The van der Waals surface area contributed by atoms with Crippen molar-refractivity contribution in [2.24, 2.45) is 0 Å². The molecular formula is C7H19N2+. The molecule has 0 spiro atoms. The largest absolute Gasteiger partial charge is 0.356 e. The molecule has 0 bridgehead atoms. The van der Waals surface area contributed by atoms with Gasteiger partial charge in [-0.05, 0) is 27.8 Å². The molecule has 0 amide bonds. The lowest BCUT2D eigenvalue weighted by Crippen LogP contribution is -2.56. The van der Waals surface area contributed by atoms with Crippen LogP contribution in [-0.2, 0) is 0 Å². The van der Waals surface area contributed by atoms with Gasteiger partial charge in [0.25, 0.3) is 0 Å². The Kier molecular flexibility index (Phi) is 3.15. The molecule has 0 aromatic heterocycles. The molecule has 0 aliphatic rings. The normalized spacial score (nSPS) is 12.7. The minimum atomic E-state index is 0.303. The van der Waals surface area contributed by atoms with E-state index in [4.69, 9.17) is 0 Å². The minimum Gasteiger partial charge on any atom is -0.356 e. The van der Waals surface area contributed by atoms with Crippen LogP contribution in [0.3, 0.4) is 0 Å². The zero-order valence-corrected chi connectivity index (χ0v) is 7.07. The van der Waals surface area contributed by atoms with Gasteiger partial charge >= 0.3 is 0 Å². The molecule has 0 fully saturated rings. The van der Waals surface area contributed by atoms with Gasteiger partial charge in [-0.2, -0.15) is 0 Å². The smallest absolute Gasteiger partial charge is 0.0869 e. The molecule has 2 heteroatoms. The van der Waals surface area contributed by atoms with Crippen LogP contribution in [0.25, 0.3) is 0 Å². The third-order valence-corrected chi connectivity index (χ3v) is 1.64. The van der Waals surface area contributed by atoms with Crippen LogP contribution in [0.4, 0.5) is 0 Å². The highest BCUT2D eigenvalue weighted by atomic mass is 15.2. The summed E-state index contributed by atoms with van der Waals surface area (Å²) in [6.07, 6.45) is 0. The summed E-state index contributed by atoms with van der Waals surface area (Å²) in [5, 5.41) is 0. The van der Waals surface area contributed by atoms with Crippen LogP contribution >= 0.6 is 0 Å². The van der Waals surface area contributed by atoms with Crippen molar-refractivity contribution in [3.05, 3.63) is 0 Å². The number of hydrogen-bond acceptors (Lipinski definition) is 1. The van der Waals surface area contributed by atoms with E-state index in [-0.39, 0.29) is 0 Å². The average molecular weight is 131 g/mol. The van der Waals surface area contributed by atoms with Gasteiger partial charge in [0.2, 0.25) is 0 Å². The summed E-state index contributed by atoms with van der Waals surface area (Å²) in [6.45, 7) is 8.71. The van der Waals surface area contributed by atoms with E-state index in [0.29, 0.717) is 5.54 Å². The second-order valence-corrected chi connectivity index (χ2v) is 3.45. The molecule has 0 aromatic rings. The lowest BCUT2D eigenvalue weighted by atomic mass is 10.1. The van der Waals surface area contributed by atoms with Gasteiger partial charge in [-0.1, -0.05) is 0 Å². The van der Waals surface area contributed by atoms with Crippen molar-refractivity contribution in [1.29, 1.82) is 0 Å². The topological polar surface area (TPSA) is 30.9 Å². The van der Waals surface area contributed by atoms with Gasteiger partial charge in [-0.3, -0.25) is 4.90 Å². The Bertz CT molecular complexity index is 73.5. The third-order valence-electron chi connectivity index (χ3n) is 1.64. The lowest BCUT2D eigenvalue weighted by molar-refractivity contribution is -0.369. The number of hydrogen-bond donors (Lipinski definition) is 1. The zero-order chi connectivity index (χ0) is 7.49. The first-order chi connectivity index (χ1) is 3.98. The fourth-order valence-electron chi connectivity index (χ4n) is 0.573. The fourth-order valence-corrected chi connectivity index (χ4v) is 0.573. The highest BCUT2D eigenvalue weighted by Gasteiger charge is 2.15. The van der Waals surface area contributed by atoms with Gasteiger partial charge in [0.15, 0.2) is 0 Å². The van der Waals surface area contributed by atoms with E-state index in [0.717, 1.165) is 13.1 Å². The highest BCUT2D eigenvalue weighted by molar-refractivity contribution is 4.71. The van der Waals surface area contributed by atoms with Crippen molar-refractivity contribution in [3.8, 4) is 0 Å². The van der Waals surface area contributed by atoms with Crippen molar-refractivity contribution in [1.82, 2.24) is 4.90 Å². The maximum Gasteiger partial charge on any atom is 0.0869 e. The molecule has 0 rings (SSSR count). The van der Waals surface area contributed by atoms with Crippen LogP contribution in [-0.4, -0.2) is 30.6 Å². The van der Waals surface area contributed by atoms with Gasteiger partial charge in [0.05, 0.1) is 6.54 Å². The van der Waals surface area contributed by atoms with Crippen molar-refractivity contribution in [2.45, 2.75) is 26.3 Å². The summed E-state index contributed by atoms with van der Waals surface area (Å²) in [6, 6.07) is 0. The predicted molar refractivity (Wildman–Crippen MR) is 40.1 cm³/mol. The molecule has 3 N–H and O–H groups in total. The van der Waals surface area contributed by atoms with Gasteiger partial charge in [-0.25, -0.2) is 0 Å². The van der Waals surface area contributed by atoms with Crippen LogP contribution in [0.15, 0.2) is 0 Å². The number of quaternary nitrogens is 1. The first kappa shape index (κ1) is 8.92. The SMILES string of the molecule is CN(CC[NH3+])C(C)(C)C. The van der Waals surface area contributed by atoms with Crippen molar-refractivity contribution in [2.75, 3.05) is 20.1 Å². The predicted octanol–water partition coefficient (Wildman–Crippen LogP) is -0.0414. The molecule has 9 heavy (non-hydrogen) atoms. The molecule has 0 radical (unpaired) electrons. The zero-order valence-electron chi connectivity index (χ0n) is 7.07. The van der Waals surface area contributed by atoms with E-state index >= 15 is 0 Å². The quantitative estimate of drug-likeness (QED) is 0.560. The molecular weight excluding hydrogens is 112 g/mol. The maximum absolute atomic E-state index is 3.80. The highest BCUT2D eigenvalue weighted by Crippen LogP contribution is 2.08. The molecule has 0 aliphatic carbocycles.